The van der Waals surface area contributed by atoms with E-state index in [2.05, 4.69) is 10.6 Å². The summed E-state index contributed by atoms with van der Waals surface area (Å²) in [5.74, 6) is -2.02. The molecule has 0 radical (unpaired) electrons. The third kappa shape index (κ3) is 8.26. The maximum Gasteiger partial charge on any atom is 0.326 e. The molecule has 0 aliphatic rings. The predicted octanol–water partition coefficient (Wildman–Crippen LogP) is -0.191. The monoisotopic (exact) mass is 344 g/mol. The Hall–Kier alpha value is -1.67. The first-order valence-corrected chi connectivity index (χ1v) is 8.39. The maximum absolute atomic E-state index is 12.4. The van der Waals surface area contributed by atoms with Crippen LogP contribution in [-0.4, -0.2) is 47.6 Å². The van der Waals surface area contributed by atoms with Crippen LogP contribution >= 0.6 is 0 Å². The number of carbonyl (C=O) groups excluding carboxylic acids is 2. The van der Waals surface area contributed by atoms with E-state index in [0.717, 1.165) is 0 Å². The molecule has 140 valence electrons. The number of hydrogen-bond acceptors (Lipinski definition) is 5. The highest BCUT2D eigenvalue weighted by Crippen LogP contribution is 2.07. The van der Waals surface area contributed by atoms with E-state index in [1.165, 1.54) is 0 Å². The van der Waals surface area contributed by atoms with Gasteiger partial charge < -0.3 is 27.2 Å². The van der Waals surface area contributed by atoms with Crippen LogP contribution in [0.1, 0.15) is 47.0 Å². The molecule has 7 N–H and O–H groups in total. The molecule has 0 aromatic carbocycles. The van der Waals surface area contributed by atoms with Crippen LogP contribution in [0.3, 0.4) is 0 Å². The fourth-order valence-corrected chi connectivity index (χ4v) is 2.13. The lowest BCUT2D eigenvalue weighted by Crippen LogP contribution is -2.55. The van der Waals surface area contributed by atoms with Gasteiger partial charge in [0.2, 0.25) is 11.8 Å². The zero-order chi connectivity index (χ0) is 18.9. The topological polar surface area (TPSA) is 148 Å². The molecule has 24 heavy (non-hydrogen) atoms. The smallest absolute Gasteiger partial charge is 0.326 e. The summed E-state index contributed by atoms with van der Waals surface area (Å²) in [7, 11) is 0. The van der Waals surface area contributed by atoms with Crippen LogP contribution in [-0.2, 0) is 14.4 Å². The molecule has 0 saturated heterocycles. The molecule has 0 aliphatic carbocycles. The van der Waals surface area contributed by atoms with Gasteiger partial charge in [0.05, 0.1) is 6.04 Å². The Morgan fingerprint density at radius 1 is 1.00 bits per heavy atom. The number of nitrogens with one attached hydrogen (secondary N) is 2. The fourth-order valence-electron chi connectivity index (χ4n) is 2.13. The molecule has 0 saturated carbocycles. The number of carboxylic acid groups (broad SMARTS) is 1. The van der Waals surface area contributed by atoms with E-state index in [0.29, 0.717) is 25.8 Å². The van der Waals surface area contributed by atoms with Crippen molar-refractivity contribution in [3.8, 4) is 0 Å². The summed E-state index contributed by atoms with van der Waals surface area (Å²) in [5.41, 5.74) is 11.3. The van der Waals surface area contributed by atoms with Gasteiger partial charge in [0, 0.05) is 0 Å². The predicted molar refractivity (Wildman–Crippen MR) is 92.1 cm³/mol. The number of carbonyl (C=O) groups is 3. The minimum absolute atomic E-state index is 0.0732. The lowest BCUT2D eigenvalue weighted by Gasteiger charge is -2.24. The standard InChI is InChI=1S/C16H32N4O4/c1-9(2)8-12(16(23)24)20-14(21)11(6-5-7-17)19-15(22)13(18)10(3)4/h9-13H,5-8,17-18H2,1-4H3,(H,19,22)(H,20,21)(H,23,24)/t11-,12-,13-/m0/s1. The molecule has 0 aliphatic heterocycles. The number of hydrogen-bond donors (Lipinski definition) is 5. The fraction of sp³-hybridized carbons (Fsp3) is 0.812. The first-order valence-electron chi connectivity index (χ1n) is 8.39. The third-order valence-corrected chi connectivity index (χ3v) is 3.67. The number of carboxylic acids is 1. The van der Waals surface area contributed by atoms with Crippen molar-refractivity contribution in [2.75, 3.05) is 6.54 Å². The molecular weight excluding hydrogens is 312 g/mol. The van der Waals surface area contributed by atoms with Gasteiger partial charge in [-0.2, -0.15) is 0 Å². The van der Waals surface area contributed by atoms with Gasteiger partial charge in [0.1, 0.15) is 12.1 Å². The van der Waals surface area contributed by atoms with Gasteiger partial charge >= 0.3 is 5.97 Å². The number of nitrogens with two attached hydrogens (primary N) is 2. The Morgan fingerprint density at radius 3 is 1.96 bits per heavy atom. The van der Waals surface area contributed by atoms with E-state index >= 15 is 0 Å². The maximum atomic E-state index is 12.4. The van der Waals surface area contributed by atoms with Crippen LogP contribution in [0, 0.1) is 11.8 Å². The second kappa shape index (κ2) is 11.0. The highest BCUT2D eigenvalue weighted by Gasteiger charge is 2.28. The van der Waals surface area contributed by atoms with Crippen molar-refractivity contribution < 1.29 is 19.5 Å². The van der Waals surface area contributed by atoms with E-state index in [9.17, 15) is 19.5 Å². The van der Waals surface area contributed by atoms with Gasteiger partial charge in [0.25, 0.3) is 0 Å². The van der Waals surface area contributed by atoms with Crippen molar-refractivity contribution in [3.05, 3.63) is 0 Å². The molecule has 8 nitrogen and oxygen atoms in total. The molecule has 2 amide bonds. The van der Waals surface area contributed by atoms with E-state index in [-0.39, 0.29) is 11.8 Å². The second-order valence-corrected chi connectivity index (χ2v) is 6.79. The lowest BCUT2D eigenvalue weighted by atomic mass is 10.0. The summed E-state index contributed by atoms with van der Waals surface area (Å²) in [5, 5.41) is 14.3. The summed E-state index contributed by atoms with van der Waals surface area (Å²) in [6.07, 6.45) is 1.16. The molecule has 0 spiro atoms. The van der Waals surface area contributed by atoms with Gasteiger partial charge in [-0.3, -0.25) is 9.59 Å². The second-order valence-electron chi connectivity index (χ2n) is 6.79. The summed E-state index contributed by atoms with van der Waals surface area (Å²) in [6, 6.07) is -2.57. The van der Waals surface area contributed by atoms with E-state index in [1.807, 2.05) is 27.7 Å². The van der Waals surface area contributed by atoms with E-state index in [4.69, 9.17) is 11.5 Å². The first-order chi connectivity index (χ1) is 11.1. The third-order valence-electron chi connectivity index (χ3n) is 3.67. The Kier molecular flexibility index (Phi) is 10.2. The quantitative estimate of drug-likeness (QED) is 0.351. The Labute approximate surface area is 143 Å². The van der Waals surface area contributed by atoms with Crippen LogP contribution in [0.25, 0.3) is 0 Å². The van der Waals surface area contributed by atoms with Crippen LogP contribution in [0.4, 0.5) is 0 Å². The highest BCUT2D eigenvalue weighted by molar-refractivity contribution is 5.91. The number of aliphatic carboxylic acids is 1. The molecule has 0 heterocycles. The molecule has 3 atom stereocenters. The molecule has 0 aromatic heterocycles. The largest absolute Gasteiger partial charge is 0.480 e. The lowest BCUT2D eigenvalue weighted by molar-refractivity contribution is -0.142. The SMILES string of the molecule is CC(C)C[C@H](NC(=O)[C@H](CCCN)NC(=O)[C@@H](N)C(C)C)C(=O)O. The molecule has 8 heteroatoms. The normalized spacial score (nSPS) is 15.0. The van der Waals surface area contributed by atoms with Crippen LogP contribution in [0.2, 0.25) is 0 Å². The van der Waals surface area contributed by atoms with Crippen molar-refractivity contribution >= 4 is 17.8 Å². The molecule has 0 rings (SSSR count). The van der Waals surface area contributed by atoms with Gasteiger partial charge in [-0.25, -0.2) is 4.79 Å². The van der Waals surface area contributed by atoms with Gasteiger partial charge in [-0.15, -0.1) is 0 Å². The summed E-state index contributed by atoms with van der Waals surface area (Å²) < 4.78 is 0. The van der Waals surface area contributed by atoms with Crippen molar-refractivity contribution in [2.45, 2.75) is 65.1 Å². The Morgan fingerprint density at radius 2 is 1.54 bits per heavy atom. The first kappa shape index (κ1) is 22.3. The van der Waals surface area contributed by atoms with Gasteiger partial charge in [-0.1, -0.05) is 27.7 Å². The molecule has 0 bridgehead atoms. The van der Waals surface area contributed by atoms with Gasteiger partial charge in [0.15, 0.2) is 0 Å². The van der Waals surface area contributed by atoms with Crippen LogP contribution in [0.15, 0.2) is 0 Å². The van der Waals surface area contributed by atoms with Crippen molar-refractivity contribution in [2.24, 2.45) is 23.3 Å². The zero-order valence-electron chi connectivity index (χ0n) is 15.0. The summed E-state index contributed by atoms with van der Waals surface area (Å²) >= 11 is 0. The van der Waals surface area contributed by atoms with E-state index < -0.39 is 35.9 Å². The average Bonchev–Trinajstić information content (AvgIpc) is 2.48. The summed E-state index contributed by atoms with van der Waals surface area (Å²) in [4.78, 5) is 35.8. The minimum Gasteiger partial charge on any atom is -0.480 e. The molecular formula is C16H32N4O4. The van der Waals surface area contributed by atoms with Crippen LogP contribution < -0.4 is 22.1 Å². The van der Waals surface area contributed by atoms with Crippen LogP contribution in [0.5, 0.6) is 0 Å². The zero-order valence-corrected chi connectivity index (χ0v) is 15.0. The average molecular weight is 344 g/mol. The highest BCUT2D eigenvalue weighted by atomic mass is 16.4. The van der Waals surface area contributed by atoms with Gasteiger partial charge in [-0.05, 0) is 37.6 Å². The van der Waals surface area contributed by atoms with Crippen molar-refractivity contribution in [3.63, 3.8) is 0 Å². The number of rotatable bonds is 11. The van der Waals surface area contributed by atoms with Crippen molar-refractivity contribution in [1.82, 2.24) is 10.6 Å². The molecule has 0 aromatic rings. The minimum atomic E-state index is -1.10. The Bertz CT molecular complexity index is 426. The van der Waals surface area contributed by atoms with E-state index in [1.54, 1.807) is 0 Å². The summed E-state index contributed by atoms with van der Waals surface area (Å²) in [6.45, 7) is 7.73. The van der Waals surface area contributed by atoms with Crippen molar-refractivity contribution in [1.29, 1.82) is 0 Å². The number of amides is 2. The molecule has 0 fully saturated rings. The Balaban J connectivity index is 4.97. The molecule has 0 unspecified atom stereocenters.